The van der Waals surface area contributed by atoms with Crippen molar-refractivity contribution in [1.29, 1.82) is 0 Å². The average molecular weight is 338 g/mol. The van der Waals surface area contributed by atoms with E-state index in [1.165, 1.54) is 12.1 Å². The Hall–Kier alpha value is -1.26. The van der Waals surface area contributed by atoms with Crippen molar-refractivity contribution in [3.63, 3.8) is 0 Å². The predicted octanol–water partition coefficient (Wildman–Crippen LogP) is 0.477. The number of hydrogen-bond acceptors (Lipinski definition) is 6. The first-order valence-electron chi connectivity index (χ1n) is 5.25. The Kier molecular flexibility index (Phi) is 4.55. The normalized spacial score (nSPS) is 11.8. The highest BCUT2D eigenvalue weighted by Gasteiger charge is 2.20. The van der Waals surface area contributed by atoms with Gasteiger partial charge in [0.05, 0.1) is 18.2 Å². The van der Waals surface area contributed by atoms with E-state index < -0.39 is 16.6 Å². The van der Waals surface area contributed by atoms with Crippen molar-refractivity contribution in [2.24, 2.45) is 0 Å². The molecule has 0 fully saturated rings. The summed E-state index contributed by atoms with van der Waals surface area (Å²) in [4.78, 5) is -0.184. The van der Waals surface area contributed by atoms with Gasteiger partial charge in [-0.15, -0.1) is 10.2 Å². The van der Waals surface area contributed by atoms with Crippen LogP contribution < -0.4 is 4.72 Å². The van der Waals surface area contributed by atoms with Crippen molar-refractivity contribution in [3.8, 4) is 0 Å². The summed E-state index contributed by atoms with van der Waals surface area (Å²) in [5.74, 6) is 0.182. The number of hydrogen-bond donors (Lipinski definition) is 3. The second-order valence-electron chi connectivity index (χ2n) is 3.68. The molecular formula is C9H9Cl2N5O3S. The molecule has 1 heterocycles. The van der Waals surface area contributed by atoms with Gasteiger partial charge in [0.2, 0.25) is 10.0 Å². The number of aliphatic hydroxyl groups is 1. The van der Waals surface area contributed by atoms with E-state index >= 15 is 0 Å². The lowest BCUT2D eigenvalue weighted by Crippen LogP contribution is -2.24. The van der Waals surface area contributed by atoms with Gasteiger partial charge in [0, 0.05) is 5.02 Å². The predicted molar refractivity (Wildman–Crippen MR) is 70.6 cm³/mol. The van der Waals surface area contributed by atoms with Gasteiger partial charge in [0.1, 0.15) is 4.90 Å². The monoisotopic (exact) mass is 337 g/mol. The Morgan fingerprint density at radius 3 is 2.65 bits per heavy atom. The number of aromatic nitrogens is 4. The second kappa shape index (κ2) is 6.02. The molecule has 0 atom stereocenters. The number of sulfonamides is 1. The zero-order chi connectivity index (χ0) is 14.8. The maximum atomic E-state index is 12.1. The molecule has 1 aromatic carbocycles. The van der Waals surface area contributed by atoms with Gasteiger partial charge < -0.3 is 5.11 Å². The molecule has 20 heavy (non-hydrogen) atoms. The van der Waals surface area contributed by atoms with Crippen LogP contribution >= 0.6 is 23.2 Å². The third-order valence-corrected chi connectivity index (χ3v) is 4.59. The van der Waals surface area contributed by atoms with Crippen molar-refractivity contribution in [1.82, 2.24) is 25.3 Å². The van der Waals surface area contributed by atoms with E-state index in [0.29, 0.717) is 0 Å². The lowest BCUT2D eigenvalue weighted by molar-refractivity contribution is 0.281. The van der Waals surface area contributed by atoms with Crippen LogP contribution in [-0.4, -0.2) is 34.1 Å². The maximum Gasteiger partial charge on any atom is 0.242 e. The first kappa shape index (κ1) is 15.1. The minimum atomic E-state index is -3.89. The molecule has 3 N–H and O–H groups in total. The van der Waals surface area contributed by atoms with Gasteiger partial charge in [-0.05, 0) is 17.7 Å². The van der Waals surface area contributed by atoms with Crippen LogP contribution in [0.25, 0.3) is 0 Å². The number of H-pyrrole nitrogens is 1. The molecule has 0 radical (unpaired) electrons. The summed E-state index contributed by atoms with van der Waals surface area (Å²) in [6.07, 6.45) is 0. The van der Waals surface area contributed by atoms with Crippen LogP contribution in [0.4, 0.5) is 0 Å². The molecule has 0 saturated heterocycles. The summed E-state index contributed by atoms with van der Waals surface area (Å²) < 4.78 is 26.5. The Balaban J connectivity index is 2.29. The lowest BCUT2D eigenvalue weighted by atomic mass is 10.2. The highest BCUT2D eigenvalue weighted by atomic mass is 35.5. The molecular weight excluding hydrogens is 329 g/mol. The van der Waals surface area contributed by atoms with E-state index in [-0.39, 0.29) is 32.9 Å². The molecule has 0 unspecified atom stereocenters. The highest BCUT2D eigenvalue weighted by molar-refractivity contribution is 7.89. The number of aliphatic hydroxyl groups excluding tert-OH is 1. The van der Waals surface area contributed by atoms with Gasteiger partial charge in [-0.25, -0.2) is 13.1 Å². The largest absolute Gasteiger partial charge is 0.392 e. The summed E-state index contributed by atoms with van der Waals surface area (Å²) in [7, 11) is -3.89. The van der Waals surface area contributed by atoms with Gasteiger partial charge in [-0.2, -0.15) is 5.21 Å². The number of rotatable bonds is 5. The van der Waals surface area contributed by atoms with E-state index in [4.69, 9.17) is 28.3 Å². The summed E-state index contributed by atoms with van der Waals surface area (Å²) >= 11 is 11.7. The number of nitrogens with one attached hydrogen (secondary N) is 2. The van der Waals surface area contributed by atoms with E-state index in [1.807, 2.05) is 0 Å². The zero-order valence-electron chi connectivity index (χ0n) is 9.84. The fourth-order valence-corrected chi connectivity index (χ4v) is 3.23. The number of aromatic amines is 1. The Morgan fingerprint density at radius 1 is 1.30 bits per heavy atom. The van der Waals surface area contributed by atoms with Gasteiger partial charge >= 0.3 is 0 Å². The van der Waals surface area contributed by atoms with Crippen LogP contribution in [0, 0.1) is 0 Å². The van der Waals surface area contributed by atoms with Crippen LogP contribution in [-0.2, 0) is 23.2 Å². The van der Waals surface area contributed by atoms with Crippen LogP contribution in [0.2, 0.25) is 10.0 Å². The minimum absolute atomic E-state index is 0.0483. The number of nitrogens with zero attached hydrogens (tertiary/aromatic N) is 3. The van der Waals surface area contributed by atoms with E-state index in [1.54, 1.807) is 0 Å². The molecule has 11 heteroatoms. The molecule has 108 valence electrons. The van der Waals surface area contributed by atoms with Crippen LogP contribution in [0.1, 0.15) is 11.4 Å². The molecule has 2 aromatic rings. The summed E-state index contributed by atoms with van der Waals surface area (Å²) in [5, 5.41) is 22.0. The van der Waals surface area contributed by atoms with Gasteiger partial charge in [-0.1, -0.05) is 28.4 Å². The molecule has 8 nitrogen and oxygen atoms in total. The fraction of sp³-hybridized carbons (Fsp3) is 0.222. The first-order valence-corrected chi connectivity index (χ1v) is 7.48. The van der Waals surface area contributed by atoms with Gasteiger partial charge in [-0.3, -0.25) is 0 Å². The average Bonchev–Trinajstić information content (AvgIpc) is 2.89. The summed E-state index contributed by atoms with van der Waals surface area (Å²) in [6, 6.07) is 2.47. The topological polar surface area (TPSA) is 121 Å². The van der Waals surface area contributed by atoms with Gasteiger partial charge in [0.25, 0.3) is 0 Å². The summed E-state index contributed by atoms with van der Waals surface area (Å²) in [6.45, 7) is -0.546. The van der Waals surface area contributed by atoms with Crippen LogP contribution in [0.5, 0.6) is 0 Å². The van der Waals surface area contributed by atoms with Gasteiger partial charge in [0.15, 0.2) is 5.82 Å². The quantitative estimate of drug-likeness (QED) is 0.729. The van der Waals surface area contributed by atoms with Crippen LogP contribution in [0.15, 0.2) is 17.0 Å². The standard InChI is InChI=1S/C9H9Cl2N5O3S/c10-6-2-7(11)8(1-5(6)4-17)20(18,19)12-3-9-13-15-16-14-9/h1-2,12,17H,3-4H2,(H,13,14,15,16). The molecule has 0 aliphatic heterocycles. The molecule has 0 bridgehead atoms. The molecule has 0 saturated carbocycles. The van der Waals surface area contributed by atoms with E-state index in [9.17, 15) is 8.42 Å². The molecule has 1 aromatic heterocycles. The first-order chi connectivity index (χ1) is 9.44. The Bertz CT molecular complexity index is 705. The third kappa shape index (κ3) is 3.25. The summed E-state index contributed by atoms with van der Waals surface area (Å²) in [5.41, 5.74) is 0.260. The highest BCUT2D eigenvalue weighted by Crippen LogP contribution is 2.28. The van der Waals surface area contributed by atoms with Crippen molar-refractivity contribution < 1.29 is 13.5 Å². The van der Waals surface area contributed by atoms with Crippen molar-refractivity contribution in [2.75, 3.05) is 0 Å². The van der Waals surface area contributed by atoms with Crippen LogP contribution in [0.3, 0.4) is 0 Å². The molecule has 2 rings (SSSR count). The molecule has 0 aliphatic carbocycles. The van der Waals surface area contributed by atoms with E-state index in [0.717, 1.165) is 0 Å². The fourth-order valence-electron chi connectivity index (χ4n) is 1.39. The van der Waals surface area contributed by atoms with Crippen molar-refractivity contribution in [2.45, 2.75) is 18.0 Å². The second-order valence-corrected chi connectivity index (χ2v) is 6.23. The molecule has 0 spiro atoms. The smallest absolute Gasteiger partial charge is 0.242 e. The zero-order valence-corrected chi connectivity index (χ0v) is 12.2. The lowest BCUT2D eigenvalue weighted by Gasteiger charge is -2.09. The number of benzene rings is 1. The Morgan fingerprint density at radius 2 is 2.05 bits per heavy atom. The minimum Gasteiger partial charge on any atom is -0.392 e. The number of halogens is 2. The SMILES string of the molecule is O=S(=O)(NCc1nn[nH]n1)c1cc(CO)c(Cl)cc1Cl. The molecule has 0 aliphatic rings. The van der Waals surface area contributed by atoms with Crippen molar-refractivity contribution in [3.05, 3.63) is 33.6 Å². The Labute approximate surface area is 124 Å². The van der Waals surface area contributed by atoms with E-state index in [2.05, 4.69) is 25.3 Å². The molecule has 0 amide bonds. The maximum absolute atomic E-state index is 12.1. The third-order valence-electron chi connectivity index (χ3n) is 2.37. The van der Waals surface area contributed by atoms with Crippen molar-refractivity contribution >= 4 is 33.2 Å². The number of tetrazole rings is 1.